The molecule has 5 heteroatoms. The summed E-state index contributed by atoms with van der Waals surface area (Å²) in [4.78, 5) is 2.20. The molecule has 0 radical (unpaired) electrons. The molecule has 0 aliphatic heterocycles. The van der Waals surface area contributed by atoms with Gasteiger partial charge in [-0.3, -0.25) is 0 Å². The predicted octanol–water partition coefficient (Wildman–Crippen LogP) is 2.57. The minimum atomic E-state index is -0.399. The summed E-state index contributed by atoms with van der Waals surface area (Å²) in [5.41, 5.74) is 0.885. The summed E-state index contributed by atoms with van der Waals surface area (Å²) in [5, 5.41) is 13.2. The second kappa shape index (κ2) is 8.40. The third-order valence-corrected chi connectivity index (χ3v) is 3.55. The minimum Gasteiger partial charge on any atom is -0.495 e. The number of nitrogens with zero attached hydrogens (tertiary/aromatic N) is 1. The Morgan fingerprint density at radius 2 is 2.05 bits per heavy atom. The number of halogens is 1. The number of anilines is 1. The normalized spacial score (nSPS) is 12.5. The highest BCUT2D eigenvalue weighted by Crippen LogP contribution is 2.27. The Hall–Kier alpha value is -0.780. The average molecular weight is 331 g/mol. The third-order valence-electron chi connectivity index (χ3n) is 3.05. The molecule has 0 heterocycles. The first-order valence-electron chi connectivity index (χ1n) is 6.58. The van der Waals surface area contributed by atoms with Crippen molar-refractivity contribution in [3.05, 3.63) is 22.7 Å². The van der Waals surface area contributed by atoms with Crippen LogP contribution in [0.5, 0.6) is 5.75 Å². The van der Waals surface area contributed by atoms with Crippen LogP contribution in [-0.4, -0.2) is 49.4 Å². The van der Waals surface area contributed by atoms with Gasteiger partial charge in [-0.2, -0.15) is 0 Å². The van der Waals surface area contributed by atoms with E-state index in [0.717, 1.165) is 29.0 Å². The van der Waals surface area contributed by atoms with E-state index in [2.05, 4.69) is 40.0 Å². The molecule has 1 aromatic carbocycles. The Balaban J connectivity index is 2.54. The molecule has 1 aromatic rings. The van der Waals surface area contributed by atoms with Gasteiger partial charge < -0.3 is 20.1 Å². The van der Waals surface area contributed by atoms with Gasteiger partial charge >= 0.3 is 0 Å². The maximum absolute atomic E-state index is 10.0. The SMILES string of the molecule is CCN(CC)CC(O)CNc1cc(Br)ccc1OC. The molecule has 0 aliphatic rings. The second-order valence-electron chi connectivity index (χ2n) is 4.37. The molecule has 2 N–H and O–H groups in total. The smallest absolute Gasteiger partial charge is 0.142 e. The van der Waals surface area contributed by atoms with Crippen LogP contribution in [0.1, 0.15) is 13.8 Å². The van der Waals surface area contributed by atoms with E-state index in [0.29, 0.717) is 13.1 Å². The molecule has 19 heavy (non-hydrogen) atoms. The zero-order chi connectivity index (χ0) is 14.3. The Kier molecular flexibility index (Phi) is 7.20. The highest BCUT2D eigenvalue weighted by Gasteiger charge is 2.10. The highest BCUT2D eigenvalue weighted by atomic mass is 79.9. The number of ether oxygens (including phenoxy) is 1. The first-order chi connectivity index (χ1) is 9.10. The van der Waals surface area contributed by atoms with E-state index < -0.39 is 6.10 Å². The van der Waals surface area contributed by atoms with E-state index in [9.17, 15) is 5.11 Å². The fourth-order valence-electron chi connectivity index (χ4n) is 1.89. The number of benzene rings is 1. The molecule has 0 saturated carbocycles. The number of hydrogen-bond donors (Lipinski definition) is 2. The van der Waals surface area contributed by atoms with Crippen molar-refractivity contribution in [2.24, 2.45) is 0 Å². The Labute approximate surface area is 123 Å². The first-order valence-corrected chi connectivity index (χ1v) is 7.37. The number of methoxy groups -OCH3 is 1. The molecule has 0 bridgehead atoms. The van der Waals surface area contributed by atoms with Gasteiger partial charge in [-0.1, -0.05) is 29.8 Å². The minimum absolute atomic E-state index is 0.399. The molecule has 108 valence electrons. The molecule has 0 aromatic heterocycles. The van der Waals surface area contributed by atoms with Crippen LogP contribution in [0.15, 0.2) is 22.7 Å². The van der Waals surface area contributed by atoms with Gasteiger partial charge in [-0.15, -0.1) is 0 Å². The van der Waals surface area contributed by atoms with Gasteiger partial charge in [0.15, 0.2) is 0 Å². The number of aliphatic hydroxyl groups is 1. The van der Waals surface area contributed by atoms with Crippen molar-refractivity contribution in [3.63, 3.8) is 0 Å². The second-order valence-corrected chi connectivity index (χ2v) is 5.28. The molecule has 0 aliphatic carbocycles. The summed E-state index contributed by atoms with van der Waals surface area (Å²) in [6.45, 7) is 7.28. The van der Waals surface area contributed by atoms with Gasteiger partial charge in [0.2, 0.25) is 0 Å². The Bertz CT molecular complexity index is 384. The van der Waals surface area contributed by atoms with Gasteiger partial charge in [0.25, 0.3) is 0 Å². The fraction of sp³-hybridized carbons (Fsp3) is 0.571. The van der Waals surface area contributed by atoms with Crippen LogP contribution >= 0.6 is 15.9 Å². The molecule has 1 unspecified atom stereocenters. The lowest BCUT2D eigenvalue weighted by Gasteiger charge is -2.22. The Morgan fingerprint density at radius 1 is 1.37 bits per heavy atom. The fourth-order valence-corrected chi connectivity index (χ4v) is 2.25. The van der Waals surface area contributed by atoms with Crippen LogP contribution in [0.25, 0.3) is 0 Å². The molecular weight excluding hydrogens is 308 g/mol. The van der Waals surface area contributed by atoms with Crippen molar-refractivity contribution >= 4 is 21.6 Å². The molecule has 0 spiro atoms. The highest BCUT2D eigenvalue weighted by molar-refractivity contribution is 9.10. The molecule has 0 fully saturated rings. The standard InChI is InChI=1S/C14H23BrN2O2/c1-4-17(5-2)10-12(18)9-16-13-8-11(15)6-7-14(13)19-3/h6-8,12,16,18H,4-5,9-10H2,1-3H3. The van der Waals surface area contributed by atoms with Crippen molar-refractivity contribution in [1.29, 1.82) is 0 Å². The number of rotatable bonds is 8. The lowest BCUT2D eigenvalue weighted by atomic mass is 10.2. The predicted molar refractivity (Wildman–Crippen MR) is 83.0 cm³/mol. The molecule has 1 atom stereocenters. The van der Waals surface area contributed by atoms with E-state index >= 15 is 0 Å². The zero-order valence-corrected chi connectivity index (χ0v) is 13.4. The topological polar surface area (TPSA) is 44.7 Å². The molecule has 0 saturated heterocycles. The van der Waals surface area contributed by atoms with E-state index in [1.807, 2.05) is 18.2 Å². The van der Waals surface area contributed by atoms with Gasteiger partial charge in [0.05, 0.1) is 18.9 Å². The molecule has 4 nitrogen and oxygen atoms in total. The van der Waals surface area contributed by atoms with Crippen molar-refractivity contribution in [1.82, 2.24) is 4.90 Å². The summed E-state index contributed by atoms with van der Waals surface area (Å²) < 4.78 is 6.26. The van der Waals surface area contributed by atoms with Crippen LogP contribution in [0.4, 0.5) is 5.69 Å². The zero-order valence-electron chi connectivity index (χ0n) is 11.8. The third kappa shape index (κ3) is 5.38. The average Bonchev–Trinajstić information content (AvgIpc) is 2.42. The van der Waals surface area contributed by atoms with E-state index in [4.69, 9.17) is 4.74 Å². The van der Waals surface area contributed by atoms with Crippen molar-refractivity contribution in [2.75, 3.05) is 38.6 Å². The van der Waals surface area contributed by atoms with Gasteiger partial charge in [-0.05, 0) is 31.3 Å². The largest absolute Gasteiger partial charge is 0.495 e. The lowest BCUT2D eigenvalue weighted by Crippen LogP contribution is -2.35. The van der Waals surface area contributed by atoms with Crippen LogP contribution < -0.4 is 10.1 Å². The summed E-state index contributed by atoms with van der Waals surface area (Å²) in [5.74, 6) is 0.776. The van der Waals surface area contributed by atoms with Crippen molar-refractivity contribution in [2.45, 2.75) is 20.0 Å². The number of nitrogens with one attached hydrogen (secondary N) is 1. The van der Waals surface area contributed by atoms with Gasteiger partial charge in [0, 0.05) is 17.6 Å². The number of aliphatic hydroxyl groups excluding tert-OH is 1. The van der Waals surface area contributed by atoms with Crippen molar-refractivity contribution < 1.29 is 9.84 Å². The molecule has 0 amide bonds. The summed E-state index contributed by atoms with van der Waals surface area (Å²) >= 11 is 3.43. The summed E-state index contributed by atoms with van der Waals surface area (Å²) in [6, 6.07) is 5.77. The van der Waals surface area contributed by atoms with Crippen LogP contribution in [0, 0.1) is 0 Å². The van der Waals surface area contributed by atoms with Crippen molar-refractivity contribution in [3.8, 4) is 5.75 Å². The summed E-state index contributed by atoms with van der Waals surface area (Å²) in [6.07, 6.45) is -0.399. The van der Waals surface area contributed by atoms with Gasteiger partial charge in [0.1, 0.15) is 5.75 Å². The lowest BCUT2D eigenvalue weighted by molar-refractivity contribution is 0.128. The quantitative estimate of drug-likeness (QED) is 0.769. The Morgan fingerprint density at radius 3 is 2.63 bits per heavy atom. The number of likely N-dealkylation sites (N-methyl/N-ethyl adjacent to an activating group) is 1. The van der Waals surface area contributed by atoms with Crippen LogP contribution in [-0.2, 0) is 0 Å². The van der Waals surface area contributed by atoms with Gasteiger partial charge in [-0.25, -0.2) is 0 Å². The van der Waals surface area contributed by atoms with E-state index in [-0.39, 0.29) is 0 Å². The van der Waals surface area contributed by atoms with E-state index in [1.54, 1.807) is 7.11 Å². The van der Waals surface area contributed by atoms with Crippen LogP contribution in [0.3, 0.4) is 0 Å². The van der Waals surface area contributed by atoms with Crippen LogP contribution in [0.2, 0.25) is 0 Å². The van der Waals surface area contributed by atoms with E-state index in [1.165, 1.54) is 0 Å². The summed E-state index contributed by atoms with van der Waals surface area (Å²) in [7, 11) is 1.64. The maximum atomic E-state index is 10.0. The molecule has 1 rings (SSSR count). The number of hydrogen-bond acceptors (Lipinski definition) is 4. The molecular formula is C14H23BrN2O2. The maximum Gasteiger partial charge on any atom is 0.142 e. The first kappa shape index (κ1) is 16.3. The monoisotopic (exact) mass is 330 g/mol.